The summed E-state index contributed by atoms with van der Waals surface area (Å²) in [6.07, 6.45) is 30.5. The first-order valence-electron chi connectivity index (χ1n) is 16.0. The number of aliphatic hydroxyl groups is 1. The summed E-state index contributed by atoms with van der Waals surface area (Å²) in [6, 6.07) is 0. The van der Waals surface area contributed by atoms with E-state index in [-0.39, 0.29) is 34.0 Å². The Bertz CT molecular complexity index is 1160. The maximum atomic E-state index is 12.7. The Balaban J connectivity index is 1.25. The van der Waals surface area contributed by atoms with Gasteiger partial charge < -0.3 is 10.4 Å². The zero-order chi connectivity index (χ0) is 29.3. The van der Waals surface area contributed by atoms with Crippen molar-refractivity contribution in [2.45, 2.75) is 123 Å². The lowest BCUT2D eigenvalue weighted by molar-refractivity contribution is -0.115. The third-order valence-electron chi connectivity index (χ3n) is 7.75. The molecule has 0 amide bonds. The van der Waals surface area contributed by atoms with E-state index in [0.717, 1.165) is 30.1 Å². The van der Waals surface area contributed by atoms with Crippen molar-refractivity contribution in [2.24, 2.45) is 0 Å². The lowest BCUT2D eigenvalue weighted by atomic mass is 9.82. The second-order valence-electron chi connectivity index (χ2n) is 11.1. The van der Waals surface area contributed by atoms with Gasteiger partial charge in [-0.2, -0.15) is 0 Å². The maximum absolute atomic E-state index is 12.7. The molecule has 1 aromatic rings. The summed E-state index contributed by atoms with van der Waals surface area (Å²) in [5.41, 5.74) is 1.27. The monoisotopic (exact) mass is 579 g/mol. The Morgan fingerprint density at radius 1 is 0.780 bits per heavy atom. The van der Waals surface area contributed by atoms with Gasteiger partial charge in [0, 0.05) is 23.9 Å². The quantitative estimate of drug-likeness (QED) is 0.112. The van der Waals surface area contributed by atoms with E-state index in [1.165, 1.54) is 114 Å². The summed E-state index contributed by atoms with van der Waals surface area (Å²) in [7, 11) is 0. The zero-order valence-corrected chi connectivity index (χ0v) is 26.0. The summed E-state index contributed by atoms with van der Waals surface area (Å²) in [5.74, 6) is -0.737. The molecule has 0 spiro atoms. The Morgan fingerprint density at radius 2 is 1.37 bits per heavy atom. The number of allylic oxidation sites excluding steroid dienone is 7. The summed E-state index contributed by atoms with van der Waals surface area (Å²) in [4.78, 5) is 25.3. The number of rotatable bonds is 21. The van der Waals surface area contributed by atoms with Gasteiger partial charge in [0.1, 0.15) is 15.8 Å². The normalized spacial score (nSPS) is 17.1. The maximum Gasteiger partial charge on any atom is 0.201 e. The van der Waals surface area contributed by atoms with Crippen LogP contribution in [0.4, 0.5) is 0 Å². The molecule has 0 atom stereocenters. The Morgan fingerprint density at radius 3 is 1.88 bits per heavy atom. The Hall–Kier alpha value is -2.80. The van der Waals surface area contributed by atoms with Crippen LogP contribution in [0.3, 0.4) is 0 Å². The molecule has 2 aliphatic rings. The molecule has 2 N–H and O–H groups in total. The van der Waals surface area contributed by atoms with Crippen LogP contribution in [0.1, 0.15) is 127 Å². The van der Waals surface area contributed by atoms with Crippen LogP contribution in [0.5, 0.6) is 0 Å². The number of Topliss-reactive ketones (excluding diaryl/α,β-unsaturated/α-hetero) is 1. The summed E-state index contributed by atoms with van der Waals surface area (Å²) in [6.45, 7) is 5.09. The number of nitrogens with one attached hydrogen (secondary N) is 1. The average molecular weight is 580 g/mol. The highest BCUT2D eigenvalue weighted by molar-refractivity contribution is 7.12. The standard InChI is InChI=1S/C34H49N3O3S/c1-3-5-6-7-8-9-10-11-12-13-14-15-16-17-18-19-24-35-26-20-21-27(29(38)25-26)32-33(39)28(34(32)40)22-23-31-37-36-30(4-2)41-31/h20-23,25,35,39H,3-19,24H2,1-2H3/b23-22+,32-27?. The molecule has 0 saturated heterocycles. The minimum absolute atomic E-state index is 0.0884. The topological polar surface area (TPSA) is 92.2 Å². The van der Waals surface area contributed by atoms with Crippen LogP contribution < -0.4 is 5.32 Å². The first kappa shape index (κ1) is 32.7. The number of ketones is 2. The highest BCUT2D eigenvalue weighted by atomic mass is 32.1. The molecular formula is C34H49N3O3S. The van der Waals surface area contributed by atoms with Gasteiger partial charge in [0.25, 0.3) is 0 Å². The second-order valence-corrected chi connectivity index (χ2v) is 12.2. The van der Waals surface area contributed by atoms with Gasteiger partial charge in [-0.1, -0.05) is 121 Å². The molecule has 1 aromatic heterocycles. The SMILES string of the molecule is CCCCCCCCCCCCCCCCCCNC1=CC(=O)C(=C2C(=O)C(/C=C/c3nnc(CC)s3)=C2O)C=C1. The van der Waals surface area contributed by atoms with Crippen LogP contribution in [0, 0.1) is 0 Å². The first-order chi connectivity index (χ1) is 20.0. The van der Waals surface area contributed by atoms with E-state index in [4.69, 9.17) is 0 Å². The van der Waals surface area contributed by atoms with Gasteiger partial charge in [-0.3, -0.25) is 9.59 Å². The summed E-state index contributed by atoms with van der Waals surface area (Å²) >= 11 is 1.44. The molecule has 1 heterocycles. The lowest BCUT2D eigenvalue weighted by Crippen LogP contribution is -2.26. The highest BCUT2D eigenvalue weighted by Gasteiger charge is 2.36. The number of carbonyl (C=O) groups is 2. The smallest absolute Gasteiger partial charge is 0.201 e. The first-order valence-corrected chi connectivity index (χ1v) is 16.8. The van der Waals surface area contributed by atoms with Gasteiger partial charge in [0.05, 0.1) is 11.1 Å². The summed E-state index contributed by atoms with van der Waals surface area (Å²) < 4.78 is 0. The van der Waals surface area contributed by atoms with E-state index in [9.17, 15) is 14.7 Å². The summed E-state index contributed by atoms with van der Waals surface area (Å²) in [5, 5.41) is 23.5. The van der Waals surface area contributed by atoms with Gasteiger partial charge in [0.15, 0.2) is 5.78 Å². The number of aromatic nitrogens is 2. The molecule has 2 aliphatic carbocycles. The van der Waals surface area contributed by atoms with E-state index in [0.29, 0.717) is 5.01 Å². The molecule has 41 heavy (non-hydrogen) atoms. The molecular weight excluding hydrogens is 530 g/mol. The van der Waals surface area contributed by atoms with Crippen molar-refractivity contribution in [1.29, 1.82) is 0 Å². The molecule has 0 aliphatic heterocycles. The Labute approximate surface area is 250 Å². The van der Waals surface area contributed by atoms with Crippen LogP contribution in [0.25, 0.3) is 6.08 Å². The predicted molar refractivity (Wildman–Crippen MR) is 170 cm³/mol. The van der Waals surface area contributed by atoms with Crippen LogP contribution in [0.15, 0.2) is 52.5 Å². The van der Waals surface area contributed by atoms with Crippen molar-refractivity contribution >= 4 is 29.0 Å². The third kappa shape index (κ3) is 10.8. The van der Waals surface area contributed by atoms with Crippen molar-refractivity contribution in [1.82, 2.24) is 15.5 Å². The molecule has 0 unspecified atom stereocenters. The van der Waals surface area contributed by atoms with Gasteiger partial charge >= 0.3 is 0 Å². The van der Waals surface area contributed by atoms with Crippen molar-refractivity contribution in [3.63, 3.8) is 0 Å². The fraction of sp³-hybridized carbons (Fsp3) is 0.588. The average Bonchev–Trinajstić information content (AvgIpc) is 3.44. The van der Waals surface area contributed by atoms with Crippen molar-refractivity contribution in [3.05, 3.63) is 62.5 Å². The molecule has 0 aromatic carbocycles. The molecule has 7 heteroatoms. The van der Waals surface area contributed by atoms with Gasteiger partial charge in [-0.15, -0.1) is 10.2 Å². The lowest BCUT2D eigenvalue weighted by Gasteiger charge is -2.22. The molecule has 6 nitrogen and oxygen atoms in total. The van der Waals surface area contributed by atoms with Crippen LogP contribution in [-0.4, -0.2) is 33.4 Å². The largest absolute Gasteiger partial charge is 0.506 e. The molecule has 0 saturated carbocycles. The fourth-order valence-corrected chi connectivity index (χ4v) is 5.89. The highest BCUT2D eigenvalue weighted by Crippen LogP contribution is 2.34. The molecule has 3 rings (SSSR count). The fourth-order valence-electron chi connectivity index (χ4n) is 5.20. The number of carbonyl (C=O) groups excluding carboxylic acids is 2. The Kier molecular flexibility index (Phi) is 14.8. The van der Waals surface area contributed by atoms with E-state index >= 15 is 0 Å². The molecule has 0 radical (unpaired) electrons. The van der Waals surface area contributed by atoms with Crippen LogP contribution in [0.2, 0.25) is 0 Å². The van der Waals surface area contributed by atoms with Gasteiger partial charge in [-0.05, 0) is 37.1 Å². The molecule has 224 valence electrons. The van der Waals surface area contributed by atoms with E-state index in [1.54, 1.807) is 24.3 Å². The number of hydrogen-bond donors (Lipinski definition) is 2. The van der Waals surface area contributed by atoms with Gasteiger partial charge in [0.2, 0.25) is 5.78 Å². The van der Waals surface area contributed by atoms with E-state index < -0.39 is 0 Å². The van der Waals surface area contributed by atoms with Gasteiger partial charge in [-0.25, -0.2) is 0 Å². The number of hydrogen-bond acceptors (Lipinski definition) is 7. The minimum Gasteiger partial charge on any atom is -0.506 e. The van der Waals surface area contributed by atoms with Crippen molar-refractivity contribution in [2.75, 3.05) is 6.54 Å². The second kappa shape index (κ2) is 18.6. The minimum atomic E-state index is -0.329. The molecule has 0 bridgehead atoms. The number of aliphatic hydroxyl groups excluding tert-OH is 1. The number of unbranched alkanes of at least 4 members (excludes halogenated alkanes) is 15. The number of aryl methyl sites for hydroxylation is 1. The van der Waals surface area contributed by atoms with E-state index in [2.05, 4.69) is 22.4 Å². The zero-order valence-electron chi connectivity index (χ0n) is 25.2. The van der Waals surface area contributed by atoms with Crippen molar-refractivity contribution < 1.29 is 14.7 Å². The number of nitrogens with zero attached hydrogens (tertiary/aromatic N) is 2. The predicted octanol–water partition coefficient (Wildman–Crippen LogP) is 8.68. The third-order valence-corrected chi connectivity index (χ3v) is 8.78. The molecule has 0 fully saturated rings. The van der Waals surface area contributed by atoms with Crippen LogP contribution >= 0.6 is 11.3 Å². The van der Waals surface area contributed by atoms with E-state index in [1.807, 2.05) is 6.92 Å². The van der Waals surface area contributed by atoms with Crippen LogP contribution in [-0.2, 0) is 16.0 Å². The van der Waals surface area contributed by atoms with Crippen molar-refractivity contribution in [3.8, 4) is 0 Å².